The first-order valence-corrected chi connectivity index (χ1v) is 6.30. The Balaban J connectivity index is 2.96. The van der Waals surface area contributed by atoms with Gasteiger partial charge in [-0.3, -0.25) is 0 Å². The number of rotatable bonds is 6. The van der Waals surface area contributed by atoms with Crippen molar-refractivity contribution in [1.82, 2.24) is 4.98 Å². The molecule has 1 N–H and O–H groups in total. The molecule has 0 fully saturated rings. The Morgan fingerprint density at radius 2 is 2.07 bits per heavy atom. The molecule has 15 heavy (non-hydrogen) atoms. The predicted octanol–water partition coefficient (Wildman–Crippen LogP) is 2.69. The van der Waals surface area contributed by atoms with Gasteiger partial charge in [0.15, 0.2) is 0 Å². The van der Waals surface area contributed by atoms with Gasteiger partial charge in [-0.15, -0.1) is 11.3 Å². The van der Waals surface area contributed by atoms with Crippen molar-refractivity contribution in [2.75, 3.05) is 6.61 Å². The van der Waals surface area contributed by atoms with E-state index >= 15 is 0 Å². The van der Waals surface area contributed by atoms with Crippen LogP contribution in [0.3, 0.4) is 0 Å². The van der Waals surface area contributed by atoms with Crippen molar-refractivity contribution in [3.8, 4) is 0 Å². The molecule has 0 aliphatic carbocycles. The van der Waals surface area contributed by atoms with Gasteiger partial charge >= 0.3 is 0 Å². The molecule has 0 aliphatic rings. The lowest BCUT2D eigenvalue weighted by Gasteiger charge is -2.29. The average molecular weight is 229 g/mol. The van der Waals surface area contributed by atoms with E-state index in [1.54, 1.807) is 11.3 Å². The molecule has 1 rings (SSSR count). The van der Waals surface area contributed by atoms with Gasteiger partial charge in [-0.05, 0) is 19.8 Å². The SMILES string of the molecule is CCOC(CC)(CC)c1nc(CO)cs1. The number of thiazole rings is 1. The fourth-order valence-electron chi connectivity index (χ4n) is 1.68. The van der Waals surface area contributed by atoms with Crippen LogP contribution >= 0.6 is 11.3 Å². The summed E-state index contributed by atoms with van der Waals surface area (Å²) in [6.45, 7) is 6.92. The molecule has 0 bridgehead atoms. The maximum Gasteiger partial charge on any atom is 0.125 e. The zero-order valence-electron chi connectivity index (χ0n) is 9.62. The van der Waals surface area contributed by atoms with Gasteiger partial charge in [0.1, 0.15) is 10.6 Å². The first-order chi connectivity index (χ1) is 7.22. The van der Waals surface area contributed by atoms with Crippen LogP contribution in [0.4, 0.5) is 0 Å². The predicted molar refractivity (Wildman–Crippen MR) is 61.9 cm³/mol. The van der Waals surface area contributed by atoms with Gasteiger partial charge in [0.25, 0.3) is 0 Å². The maximum atomic E-state index is 9.00. The molecule has 3 nitrogen and oxygen atoms in total. The zero-order valence-corrected chi connectivity index (χ0v) is 10.4. The van der Waals surface area contributed by atoms with Crippen molar-refractivity contribution in [2.45, 2.75) is 45.8 Å². The lowest BCUT2D eigenvalue weighted by molar-refractivity contribution is -0.0508. The minimum absolute atomic E-state index is 0.00608. The largest absolute Gasteiger partial charge is 0.390 e. The highest BCUT2D eigenvalue weighted by Gasteiger charge is 2.32. The van der Waals surface area contributed by atoms with Crippen LogP contribution in [0.1, 0.15) is 44.3 Å². The van der Waals surface area contributed by atoms with Gasteiger partial charge in [0.05, 0.1) is 12.3 Å². The topological polar surface area (TPSA) is 42.4 Å². The second kappa shape index (κ2) is 5.58. The molecular weight excluding hydrogens is 210 g/mol. The molecule has 4 heteroatoms. The highest BCUT2D eigenvalue weighted by molar-refractivity contribution is 7.09. The number of hydrogen-bond donors (Lipinski definition) is 1. The molecule has 0 radical (unpaired) electrons. The monoisotopic (exact) mass is 229 g/mol. The van der Waals surface area contributed by atoms with E-state index in [9.17, 15) is 0 Å². The summed E-state index contributed by atoms with van der Waals surface area (Å²) in [7, 11) is 0. The van der Waals surface area contributed by atoms with E-state index < -0.39 is 0 Å². The van der Waals surface area contributed by atoms with E-state index in [0.717, 1.165) is 23.5 Å². The van der Waals surface area contributed by atoms with E-state index in [1.807, 2.05) is 12.3 Å². The number of aliphatic hydroxyl groups is 1. The maximum absolute atomic E-state index is 9.00. The van der Waals surface area contributed by atoms with Crippen molar-refractivity contribution in [3.63, 3.8) is 0 Å². The van der Waals surface area contributed by atoms with Crippen molar-refractivity contribution in [1.29, 1.82) is 0 Å². The third-order valence-corrected chi connectivity index (χ3v) is 3.74. The first-order valence-electron chi connectivity index (χ1n) is 5.42. The smallest absolute Gasteiger partial charge is 0.125 e. The van der Waals surface area contributed by atoms with E-state index in [-0.39, 0.29) is 12.2 Å². The summed E-state index contributed by atoms with van der Waals surface area (Å²) >= 11 is 1.57. The lowest BCUT2D eigenvalue weighted by Crippen LogP contribution is -2.28. The van der Waals surface area contributed by atoms with Crippen LogP contribution in [0.25, 0.3) is 0 Å². The molecule has 0 saturated heterocycles. The number of hydrogen-bond acceptors (Lipinski definition) is 4. The van der Waals surface area contributed by atoms with E-state index in [0.29, 0.717) is 6.61 Å². The Hall–Kier alpha value is -0.450. The van der Waals surface area contributed by atoms with Gasteiger partial charge in [0, 0.05) is 12.0 Å². The summed E-state index contributed by atoms with van der Waals surface area (Å²) in [6.07, 6.45) is 1.82. The Morgan fingerprint density at radius 1 is 1.40 bits per heavy atom. The molecule has 0 aromatic carbocycles. The number of nitrogens with zero attached hydrogens (tertiary/aromatic N) is 1. The van der Waals surface area contributed by atoms with E-state index in [1.165, 1.54) is 0 Å². The van der Waals surface area contributed by atoms with Crippen LogP contribution in [0.2, 0.25) is 0 Å². The Kier molecular flexibility index (Phi) is 4.70. The molecule has 1 heterocycles. The minimum atomic E-state index is -0.257. The number of aliphatic hydroxyl groups excluding tert-OH is 1. The molecule has 0 amide bonds. The van der Waals surface area contributed by atoms with Gasteiger partial charge in [0.2, 0.25) is 0 Å². The molecule has 86 valence electrons. The first kappa shape index (κ1) is 12.6. The van der Waals surface area contributed by atoms with Gasteiger partial charge in [-0.1, -0.05) is 13.8 Å². The summed E-state index contributed by atoms with van der Waals surface area (Å²) in [5.41, 5.74) is 0.480. The third kappa shape index (κ3) is 2.56. The Bertz CT molecular complexity index is 295. The highest BCUT2D eigenvalue weighted by Crippen LogP contribution is 2.35. The van der Waals surface area contributed by atoms with Crippen molar-refractivity contribution in [2.24, 2.45) is 0 Å². The molecule has 0 aliphatic heterocycles. The number of ether oxygens (including phenoxy) is 1. The highest BCUT2D eigenvalue weighted by atomic mass is 32.1. The summed E-state index contributed by atoms with van der Waals surface area (Å²) in [5, 5.41) is 11.9. The van der Waals surface area contributed by atoms with Gasteiger partial charge < -0.3 is 9.84 Å². The minimum Gasteiger partial charge on any atom is -0.390 e. The summed E-state index contributed by atoms with van der Waals surface area (Å²) in [4.78, 5) is 4.41. The molecule has 1 aromatic rings. The van der Waals surface area contributed by atoms with E-state index in [2.05, 4.69) is 18.8 Å². The van der Waals surface area contributed by atoms with Crippen LogP contribution in [0, 0.1) is 0 Å². The zero-order chi connectivity index (χ0) is 11.3. The molecule has 0 unspecified atom stereocenters. The Morgan fingerprint density at radius 3 is 2.47 bits per heavy atom. The second-order valence-electron chi connectivity index (χ2n) is 3.44. The summed E-state index contributed by atoms with van der Waals surface area (Å²) in [6, 6.07) is 0. The van der Waals surface area contributed by atoms with Gasteiger partial charge in [-0.2, -0.15) is 0 Å². The fraction of sp³-hybridized carbons (Fsp3) is 0.727. The molecule has 0 saturated carbocycles. The second-order valence-corrected chi connectivity index (χ2v) is 4.29. The average Bonchev–Trinajstić information content (AvgIpc) is 2.75. The van der Waals surface area contributed by atoms with Crippen LogP contribution in [0.5, 0.6) is 0 Å². The van der Waals surface area contributed by atoms with Crippen molar-refractivity contribution >= 4 is 11.3 Å². The molecule has 0 spiro atoms. The van der Waals surface area contributed by atoms with E-state index in [4.69, 9.17) is 9.84 Å². The van der Waals surface area contributed by atoms with Crippen molar-refractivity contribution < 1.29 is 9.84 Å². The van der Waals surface area contributed by atoms with Crippen LogP contribution < -0.4 is 0 Å². The third-order valence-electron chi connectivity index (χ3n) is 2.67. The molecule has 0 atom stereocenters. The quantitative estimate of drug-likeness (QED) is 0.815. The molecular formula is C11H19NO2S. The summed E-state index contributed by atoms with van der Waals surface area (Å²) in [5.74, 6) is 0. The Labute approximate surface area is 95.1 Å². The van der Waals surface area contributed by atoms with Crippen molar-refractivity contribution in [3.05, 3.63) is 16.1 Å². The van der Waals surface area contributed by atoms with Gasteiger partial charge in [-0.25, -0.2) is 4.98 Å². The fourth-order valence-corrected chi connectivity index (χ4v) is 2.79. The number of aromatic nitrogens is 1. The molecule has 1 aromatic heterocycles. The van der Waals surface area contributed by atoms with Crippen LogP contribution in [0.15, 0.2) is 5.38 Å². The normalized spacial score (nSPS) is 12.0. The van der Waals surface area contributed by atoms with Crippen LogP contribution in [-0.2, 0) is 16.9 Å². The summed E-state index contributed by atoms with van der Waals surface area (Å²) < 4.78 is 5.84. The van der Waals surface area contributed by atoms with Crippen LogP contribution in [-0.4, -0.2) is 16.7 Å². The lowest BCUT2D eigenvalue weighted by atomic mass is 9.98. The standard InChI is InChI=1S/C11H19NO2S/c1-4-11(5-2,14-6-3)10-12-9(7-13)8-15-10/h8,13H,4-7H2,1-3H3.